The third-order valence-electron chi connectivity index (χ3n) is 12.1. The summed E-state index contributed by atoms with van der Waals surface area (Å²) >= 11 is 0. The molecule has 0 aliphatic carbocycles. The number of hydrogen-bond donors (Lipinski definition) is 0. The van der Waals surface area contributed by atoms with Gasteiger partial charge in [-0.3, -0.25) is 0 Å². The number of hydrogen-bond acceptors (Lipinski definition) is 1. The predicted octanol–water partition coefficient (Wildman–Crippen LogP) is 16.2. The van der Waals surface area contributed by atoms with Gasteiger partial charge >= 0.3 is 0 Å². The molecule has 0 N–H and O–H groups in total. The van der Waals surface area contributed by atoms with Crippen LogP contribution >= 0.6 is 0 Å². The van der Waals surface area contributed by atoms with Gasteiger partial charge < -0.3 is 9.47 Å². The fraction of sp³-hybridized carbons (Fsp3) is 0.0345. The molecule has 0 atom stereocenters. The van der Waals surface area contributed by atoms with Gasteiger partial charge in [0.15, 0.2) is 0 Å². The van der Waals surface area contributed by atoms with Crippen LogP contribution in [0.15, 0.2) is 218 Å². The molecular weight excluding hydrogens is 725 g/mol. The van der Waals surface area contributed by atoms with Gasteiger partial charge in [0, 0.05) is 33.5 Å². The Labute approximate surface area is 350 Å². The summed E-state index contributed by atoms with van der Waals surface area (Å²) in [6, 6.07) is 80.0. The maximum atomic E-state index is 2.41. The van der Waals surface area contributed by atoms with Gasteiger partial charge in [-0.25, -0.2) is 0 Å². The molecule has 1 aromatic heterocycles. The number of para-hydroxylation sites is 1. The standard InChI is InChI=1S/C58H42N2/c1-39-20-29-45(30-21-39)59(46-31-22-40(2)23-32-46)47-33-24-41(25-34-47)44-28-37-56-54(38-44)49-14-10-11-19-55(49)60(56)48-35-26-43(27-36-48)58-52-17-8-6-15-50(52)57(42-12-4-3-5-13-42)51-16-7-9-18-53(51)58/h3-38H,1-2H3. The minimum atomic E-state index is 1.13. The van der Waals surface area contributed by atoms with Crippen LogP contribution in [0.25, 0.3) is 82.4 Å². The van der Waals surface area contributed by atoms with E-state index in [-0.39, 0.29) is 0 Å². The molecule has 0 saturated heterocycles. The van der Waals surface area contributed by atoms with Gasteiger partial charge in [-0.1, -0.05) is 163 Å². The molecule has 0 saturated carbocycles. The van der Waals surface area contributed by atoms with Gasteiger partial charge in [0.1, 0.15) is 0 Å². The first-order valence-electron chi connectivity index (χ1n) is 20.8. The van der Waals surface area contributed by atoms with Crippen molar-refractivity contribution in [3.8, 4) is 39.1 Å². The Kier molecular flexibility index (Phi) is 8.64. The number of anilines is 3. The molecule has 0 amide bonds. The van der Waals surface area contributed by atoms with Crippen LogP contribution in [-0.4, -0.2) is 4.57 Å². The Morgan fingerprint density at radius 1 is 0.300 bits per heavy atom. The van der Waals surface area contributed by atoms with E-state index in [1.807, 2.05) is 0 Å². The zero-order valence-electron chi connectivity index (χ0n) is 33.7. The van der Waals surface area contributed by atoms with Crippen molar-refractivity contribution in [2.24, 2.45) is 0 Å². The van der Waals surface area contributed by atoms with Gasteiger partial charge in [-0.05, 0) is 136 Å². The molecule has 11 aromatic rings. The second-order valence-electron chi connectivity index (χ2n) is 15.9. The second-order valence-corrected chi connectivity index (χ2v) is 15.9. The van der Waals surface area contributed by atoms with Crippen molar-refractivity contribution in [3.63, 3.8) is 0 Å². The zero-order chi connectivity index (χ0) is 40.2. The van der Waals surface area contributed by atoms with Crippen molar-refractivity contribution in [3.05, 3.63) is 230 Å². The van der Waals surface area contributed by atoms with E-state index in [1.54, 1.807) is 0 Å². The Morgan fingerprint density at radius 3 is 1.23 bits per heavy atom. The molecule has 0 fully saturated rings. The predicted molar refractivity (Wildman–Crippen MR) is 256 cm³/mol. The van der Waals surface area contributed by atoms with Gasteiger partial charge in [0.2, 0.25) is 0 Å². The third kappa shape index (κ3) is 6.04. The summed E-state index contributed by atoms with van der Waals surface area (Å²) in [6.07, 6.45) is 0. The molecule has 10 aromatic carbocycles. The molecule has 0 spiro atoms. The van der Waals surface area contributed by atoms with Crippen LogP contribution in [0.1, 0.15) is 11.1 Å². The lowest BCUT2D eigenvalue weighted by molar-refractivity contribution is 1.18. The van der Waals surface area contributed by atoms with Gasteiger partial charge in [0.25, 0.3) is 0 Å². The van der Waals surface area contributed by atoms with Crippen molar-refractivity contribution in [1.82, 2.24) is 4.57 Å². The lowest BCUT2D eigenvalue weighted by atomic mass is 9.86. The number of nitrogens with zero attached hydrogens (tertiary/aromatic N) is 2. The normalized spacial score (nSPS) is 11.5. The van der Waals surface area contributed by atoms with E-state index in [1.165, 1.54) is 87.9 Å². The van der Waals surface area contributed by atoms with E-state index in [9.17, 15) is 0 Å². The third-order valence-corrected chi connectivity index (χ3v) is 12.1. The summed E-state index contributed by atoms with van der Waals surface area (Å²) in [6.45, 7) is 4.27. The van der Waals surface area contributed by atoms with E-state index in [4.69, 9.17) is 0 Å². The Morgan fingerprint density at radius 2 is 0.700 bits per heavy atom. The maximum absolute atomic E-state index is 2.41. The number of aryl methyl sites for hydroxylation is 2. The molecule has 0 bridgehead atoms. The number of aromatic nitrogens is 1. The lowest BCUT2D eigenvalue weighted by Gasteiger charge is -2.26. The summed E-state index contributed by atoms with van der Waals surface area (Å²) < 4.78 is 2.41. The SMILES string of the molecule is Cc1ccc(N(c2ccc(C)cc2)c2ccc(-c3ccc4c(c3)c3ccccc3n4-c3ccc(-c4c5ccccc5c(-c5ccccc5)c5ccccc45)cc3)cc2)cc1. The van der Waals surface area contributed by atoms with Gasteiger partial charge in [-0.2, -0.15) is 0 Å². The van der Waals surface area contributed by atoms with Crippen LogP contribution in [-0.2, 0) is 0 Å². The minimum Gasteiger partial charge on any atom is -0.311 e. The Bertz CT molecular complexity index is 3240. The van der Waals surface area contributed by atoms with Crippen LogP contribution in [0.2, 0.25) is 0 Å². The fourth-order valence-corrected chi connectivity index (χ4v) is 9.20. The molecule has 2 nitrogen and oxygen atoms in total. The number of benzene rings is 10. The van der Waals surface area contributed by atoms with E-state index in [0.29, 0.717) is 0 Å². The summed E-state index contributed by atoms with van der Waals surface area (Å²) in [7, 11) is 0. The largest absolute Gasteiger partial charge is 0.311 e. The summed E-state index contributed by atoms with van der Waals surface area (Å²) in [5.41, 5.74) is 16.8. The summed E-state index contributed by atoms with van der Waals surface area (Å²) in [5, 5.41) is 7.55. The highest BCUT2D eigenvalue weighted by atomic mass is 15.1. The van der Waals surface area contributed by atoms with Crippen molar-refractivity contribution in [1.29, 1.82) is 0 Å². The first-order chi connectivity index (χ1) is 29.6. The molecule has 0 unspecified atom stereocenters. The molecule has 2 heteroatoms. The molecule has 0 aliphatic heterocycles. The average Bonchev–Trinajstić information content (AvgIpc) is 3.64. The monoisotopic (exact) mass is 766 g/mol. The molecule has 284 valence electrons. The van der Waals surface area contributed by atoms with Crippen molar-refractivity contribution >= 4 is 60.4 Å². The lowest BCUT2D eigenvalue weighted by Crippen LogP contribution is -2.09. The molecular formula is C58H42N2. The first-order valence-corrected chi connectivity index (χ1v) is 20.8. The molecule has 60 heavy (non-hydrogen) atoms. The minimum absolute atomic E-state index is 1.13. The molecule has 1 heterocycles. The molecule has 0 aliphatic rings. The summed E-state index contributed by atoms with van der Waals surface area (Å²) in [4.78, 5) is 2.33. The van der Waals surface area contributed by atoms with Crippen molar-refractivity contribution < 1.29 is 0 Å². The molecule has 11 rings (SSSR count). The van der Waals surface area contributed by atoms with Crippen LogP contribution in [0.4, 0.5) is 17.1 Å². The van der Waals surface area contributed by atoms with E-state index < -0.39 is 0 Å². The summed E-state index contributed by atoms with van der Waals surface area (Å²) in [5.74, 6) is 0. The van der Waals surface area contributed by atoms with E-state index >= 15 is 0 Å². The van der Waals surface area contributed by atoms with Crippen LogP contribution < -0.4 is 4.90 Å². The maximum Gasteiger partial charge on any atom is 0.0541 e. The first kappa shape index (κ1) is 35.5. The topological polar surface area (TPSA) is 8.17 Å². The highest BCUT2D eigenvalue weighted by molar-refractivity contribution is 6.21. The Hall–Kier alpha value is -7.68. The van der Waals surface area contributed by atoms with Crippen LogP contribution in [0.3, 0.4) is 0 Å². The average molecular weight is 767 g/mol. The fourth-order valence-electron chi connectivity index (χ4n) is 9.20. The highest BCUT2D eigenvalue weighted by Gasteiger charge is 2.18. The smallest absolute Gasteiger partial charge is 0.0541 e. The van der Waals surface area contributed by atoms with E-state index in [0.717, 1.165) is 22.7 Å². The highest BCUT2D eigenvalue weighted by Crippen LogP contribution is 2.44. The van der Waals surface area contributed by atoms with Gasteiger partial charge in [-0.15, -0.1) is 0 Å². The van der Waals surface area contributed by atoms with Crippen molar-refractivity contribution in [2.45, 2.75) is 13.8 Å². The van der Waals surface area contributed by atoms with Crippen molar-refractivity contribution in [2.75, 3.05) is 4.90 Å². The quantitative estimate of drug-likeness (QED) is 0.147. The van der Waals surface area contributed by atoms with E-state index in [2.05, 4.69) is 242 Å². The Balaban J connectivity index is 0.985. The van der Waals surface area contributed by atoms with Gasteiger partial charge in [0.05, 0.1) is 11.0 Å². The van der Waals surface area contributed by atoms with Crippen LogP contribution in [0.5, 0.6) is 0 Å². The molecule has 0 radical (unpaired) electrons. The number of fused-ring (bicyclic) bond motifs is 5. The number of rotatable bonds is 7. The zero-order valence-corrected chi connectivity index (χ0v) is 33.7. The second kappa shape index (κ2) is 14.6. The van der Waals surface area contributed by atoms with Crippen LogP contribution in [0, 0.1) is 13.8 Å².